The second-order valence-electron chi connectivity index (χ2n) is 6.70. The van der Waals surface area contributed by atoms with Crippen molar-refractivity contribution in [2.75, 3.05) is 36.5 Å². The molecule has 0 radical (unpaired) electrons. The van der Waals surface area contributed by atoms with Crippen LogP contribution >= 0.6 is 0 Å². The van der Waals surface area contributed by atoms with Gasteiger partial charge in [-0.15, -0.1) is 0 Å². The van der Waals surface area contributed by atoms with E-state index >= 15 is 0 Å². The Balaban J connectivity index is 1.83. The summed E-state index contributed by atoms with van der Waals surface area (Å²) in [4.78, 5) is 11.8. The van der Waals surface area contributed by atoms with E-state index in [9.17, 15) is 0 Å². The van der Waals surface area contributed by atoms with Gasteiger partial charge in [0.2, 0.25) is 0 Å². The maximum Gasteiger partial charge on any atom is 0.136 e. The van der Waals surface area contributed by atoms with Crippen LogP contribution < -0.4 is 10.2 Å². The lowest BCUT2D eigenvalue weighted by Crippen LogP contribution is -2.48. The van der Waals surface area contributed by atoms with Gasteiger partial charge in [0.1, 0.15) is 17.5 Å². The van der Waals surface area contributed by atoms with E-state index in [0.29, 0.717) is 5.92 Å². The van der Waals surface area contributed by atoms with Crippen molar-refractivity contribution in [1.82, 2.24) is 9.97 Å². The highest BCUT2D eigenvalue weighted by atomic mass is 16.5. The van der Waals surface area contributed by atoms with Gasteiger partial charge in [0, 0.05) is 31.6 Å². The predicted octanol–water partition coefficient (Wildman–Crippen LogP) is 2.79. The molecule has 116 valence electrons. The maximum absolute atomic E-state index is 5.80. The number of nitrogens with one attached hydrogen (secondary N) is 1. The van der Waals surface area contributed by atoms with Gasteiger partial charge in [-0.05, 0) is 33.1 Å². The quantitative estimate of drug-likeness (QED) is 0.903. The molecule has 1 N–H and O–H groups in total. The molecular formula is C16H26N4O. The van der Waals surface area contributed by atoms with E-state index in [1.54, 1.807) is 0 Å². The molecule has 0 amide bonds. The Morgan fingerprint density at radius 3 is 2.86 bits per heavy atom. The van der Waals surface area contributed by atoms with Crippen LogP contribution in [0.3, 0.4) is 0 Å². The number of hydrogen-bond acceptors (Lipinski definition) is 5. The zero-order valence-electron chi connectivity index (χ0n) is 13.4. The van der Waals surface area contributed by atoms with Gasteiger partial charge in [0.25, 0.3) is 0 Å². The number of aromatic nitrogens is 2. The van der Waals surface area contributed by atoms with Crippen molar-refractivity contribution in [3.8, 4) is 0 Å². The van der Waals surface area contributed by atoms with E-state index in [2.05, 4.69) is 42.0 Å². The highest BCUT2D eigenvalue weighted by Crippen LogP contribution is 2.39. The first kappa shape index (κ1) is 14.6. The first-order valence-corrected chi connectivity index (χ1v) is 8.09. The highest BCUT2D eigenvalue weighted by molar-refractivity contribution is 5.50. The number of rotatable bonds is 5. The average Bonchev–Trinajstić information content (AvgIpc) is 3.28. The minimum Gasteiger partial charge on any atom is -0.372 e. The van der Waals surface area contributed by atoms with Crippen LogP contribution in [0.2, 0.25) is 0 Å². The minimum absolute atomic E-state index is 0.111. The summed E-state index contributed by atoms with van der Waals surface area (Å²) in [5, 5.41) is 3.41. The van der Waals surface area contributed by atoms with Crippen LogP contribution in [0.4, 0.5) is 11.6 Å². The number of ether oxygens (including phenoxy) is 1. The average molecular weight is 290 g/mol. The van der Waals surface area contributed by atoms with Gasteiger partial charge in [-0.3, -0.25) is 0 Å². The van der Waals surface area contributed by atoms with Crippen LogP contribution in [0.15, 0.2) is 6.07 Å². The molecule has 1 saturated heterocycles. The normalized spacial score (nSPS) is 21.4. The van der Waals surface area contributed by atoms with Crippen LogP contribution in [-0.4, -0.2) is 41.8 Å². The van der Waals surface area contributed by atoms with Crippen molar-refractivity contribution in [2.24, 2.45) is 0 Å². The fraction of sp³-hybridized carbons (Fsp3) is 0.750. The van der Waals surface area contributed by atoms with Gasteiger partial charge in [-0.25, -0.2) is 9.97 Å². The zero-order chi connectivity index (χ0) is 14.9. The molecule has 2 fully saturated rings. The van der Waals surface area contributed by atoms with Crippen LogP contribution in [0.5, 0.6) is 0 Å². The van der Waals surface area contributed by atoms with Crippen molar-refractivity contribution < 1.29 is 4.74 Å². The Hall–Kier alpha value is -1.36. The fourth-order valence-electron chi connectivity index (χ4n) is 2.69. The molecule has 1 aliphatic heterocycles. The topological polar surface area (TPSA) is 50.3 Å². The Bertz CT molecular complexity index is 499. The summed E-state index contributed by atoms with van der Waals surface area (Å²) in [6.07, 6.45) is 3.55. The molecule has 1 aromatic heterocycles. The standard InChI is InChI=1S/C16H26N4O/c1-4-7-17-13-10-14(19-15(18-13)12-5-6-12)20-8-9-21-16(2,3)11-20/h10,12H,4-9,11H2,1-3H3,(H,17,18,19). The molecule has 1 aliphatic carbocycles. The first-order valence-electron chi connectivity index (χ1n) is 8.09. The molecule has 5 heteroatoms. The molecule has 0 aromatic carbocycles. The van der Waals surface area contributed by atoms with E-state index in [0.717, 1.165) is 50.1 Å². The number of hydrogen-bond donors (Lipinski definition) is 1. The molecule has 1 aromatic rings. The summed E-state index contributed by atoms with van der Waals surface area (Å²) in [6, 6.07) is 2.09. The Morgan fingerprint density at radius 2 is 2.19 bits per heavy atom. The molecule has 3 rings (SSSR count). The fourth-order valence-corrected chi connectivity index (χ4v) is 2.69. The summed E-state index contributed by atoms with van der Waals surface area (Å²) in [7, 11) is 0. The molecule has 0 bridgehead atoms. The Labute approximate surface area is 127 Å². The third-order valence-corrected chi connectivity index (χ3v) is 3.98. The second-order valence-corrected chi connectivity index (χ2v) is 6.70. The van der Waals surface area contributed by atoms with Gasteiger partial charge in [0.05, 0.1) is 12.2 Å². The van der Waals surface area contributed by atoms with Gasteiger partial charge in [-0.1, -0.05) is 6.92 Å². The largest absolute Gasteiger partial charge is 0.372 e. The van der Waals surface area contributed by atoms with E-state index in [1.165, 1.54) is 12.8 Å². The third kappa shape index (κ3) is 3.64. The van der Waals surface area contributed by atoms with Crippen molar-refractivity contribution in [1.29, 1.82) is 0 Å². The van der Waals surface area contributed by atoms with Crippen LogP contribution in [0.25, 0.3) is 0 Å². The van der Waals surface area contributed by atoms with E-state index < -0.39 is 0 Å². The summed E-state index contributed by atoms with van der Waals surface area (Å²) < 4.78 is 5.80. The monoisotopic (exact) mass is 290 g/mol. The van der Waals surface area contributed by atoms with E-state index in [-0.39, 0.29) is 5.60 Å². The van der Waals surface area contributed by atoms with Crippen LogP contribution in [0.1, 0.15) is 51.8 Å². The molecule has 0 spiro atoms. The Morgan fingerprint density at radius 1 is 1.38 bits per heavy atom. The molecule has 5 nitrogen and oxygen atoms in total. The van der Waals surface area contributed by atoms with Crippen molar-refractivity contribution in [2.45, 2.75) is 51.6 Å². The van der Waals surface area contributed by atoms with Crippen LogP contribution in [0, 0.1) is 0 Å². The minimum atomic E-state index is -0.111. The number of anilines is 2. The van der Waals surface area contributed by atoms with Gasteiger partial charge in [0.15, 0.2) is 0 Å². The second kappa shape index (κ2) is 5.79. The lowest BCUT2D eigenvalue weighted by Gasteiger charge is -2.39. The molecule has 2 aliphatic rings. The SMILES string of the molecule is CCCNc1cc(N2CCOC(C)(C)C2)nc(C2CC2)n1. The molecular weight excluding hydrogens is 264 g/mol. The maximum atomic E-state index is 5.80. The Kier molecular flexibility index (Phi) is 4.02. The number of morpholine rings is 1. The predicted molar refractivity (Wildman–Crippen MR) is 85.0 cm³/mol. The van der Waals surface area contributed by atoms with Gasteiger partial charge in [-0.2, -0.15) is 0 Å². The lowest BCUT2D eigenvalue weighted by molar-refractivity contribution is -0.0279. The molecule has 2 heterocycles. The third-order valence-electron chi connectivity index (χ3n) is 3.98. The molecule has 0 unspecified atom stereocenters. The van der Waals surface area contributed by atoms with Gasteiger partial charge >= 0.3 is 0 Å². The summed E-state index contributed by atoms with van der Waals surface area (Å²) in [6.45, 7) is 9.93. The van der Waals surface area contributed by atoms with Gasteiger partial charge < -0.3 is 15.0 Å². The molecule has 21 heavy (non-hydrogen) atoms. The highest BCUT2D eigenvalue weighted by Gasteiger charge is 2.31. The summed E-state index contributed by atoms with van der Waals surface area (Å²) >= 11 is 0. The molecule has 1 saturated carbocycles. The number of nitrogens with zero attached hydrogens (tertiary/aromatic N) is 3. The van der Waals surface area contributed by atoms with Crippen LogP contribution in [-0.2, 0) is 4.74 Å². The van der Waals surface area contributed by atoms with Crippen molar-refractivity contribution in [3.63, 3.8) is 0 Å². The summed E-state index contributed by atoms with van der Waals surface area (Å²) in [5.41, 5.74) is -0.111. The smallest absolute Gasteiger partial charge is 0.136 e. The van der Waals surface area contributed by atoms with E-state index in [4.69, 9.17) is 9.72 Å². The van der Waals surface area contributed by atoms with Crippen molar-refractivity contribution >= 4 is 11.6 Å². The molecule has 0 atom stereocenters. The zero-order valence-corrected chi connectivity index (χ0v) is 13.4. The van der Waals surface area contributed by atoms with Crippen molar-refractivity contribution in [3.05, 3.63) is 11.9 Å². The van der Waals surface area contributed by atoms with E-state index in [1.807, 2.05) is 0 Å². The summed E-state index contributed by atoms with van der Waals surface area (Å²) in [5.74, 6) is 3.59. The first-order chi connectivity index (χ1) is 10.1. The lowest BCUT2D eigenvalue weighted by atomic mass is 10.1.